The number of carbonyl (C=O) groups is 3. The van der Waals surface area contributed by atoms with Gasteiger partial charge in [0.2, 0.25) is 6.04 Å². The van der Waals surface area contributed by atoms with E-state index in [1.54, 1.807) is 24.3 Å². The summed E-state index contributed by atoms with van der Waals surface area (Å²) >= 11 is 0. The Morgan fingerprint density at radius 3 is 2.00 bits per heavy atom. The highest BCUT2D eigenvalue weighted by molar-refractivity contribution is 6.07. The van der Waals surface area contributed by atoms with E-state index in [9.17, 15) is 14.4 Å². The maximum atomic E-state index is 12.7. The number of esters is 1. The Labute approximate surface area is 157 Å². The van der Waals surface area contributed by atoms with Crippen LogP contribution in [0.15, 0.2) is 48.5 Å². The van der Waals surface area contributed by atoms with E-state index in [-0.39, 0.29) is 6.61 Å². The lowest BCUT2D eigenvalue weighted by molar-refractivity contribution is -0.150. The fourth-order valence-electron chi connectivity index (χ4n) is 2.62. The number of amides is 2. The quantitative estimate of drug-likeness (QED) is 0.589. The summed E-state index contributed by atoms with van der Waals surface area (Å²) in [6, 6.07) is 12.9. The van der Waals surface area contributed by atoms with Gasteiger partial charge in [-0.05, 0) is 28.8 Å². The minimum absolute atomic E-state index is 0.0211. The van der Waals surface area contributed by atoms with Crippen molar-refractivity contribution in [2.45, 2.75) is 12.6 Å². The summed E-state index contributed by atoms with van der Waals surface area (Å²) in [7, 11) is 3.92. The Balaban J connectivity index is 2.22. The highest BCUT2D eigenvalue weighted by Crippen LogP contribution is 2.21. The van der Waals surface area contributed by atoms with Gasteiger partial charge in [-0.2, -0.15) is 0 Å². The lowest BCUT2D eigenvalue weighted by Gasteiger charge is -2.24. The zero-order valence-corrected chi connectivity index (χ0v) is 15.4. The van der Waals surface area contributed by atoms with Crippen LogP contribution >= 0.6 is 0 Å². The van der Waals surface area contributed by atoms with Gasteiger partial charge in [-0.15, -0.1) is 0 Å². The third-order valence-electron chi connectivity index (χ3n) is 4.23. The molecular formula is C20H22N2O5. The zero-order valence-electron chi connectivity index (χ0n) is 15.4. The second kappa shape index (κ2) is 8.95. The Hall–Kier alpha value is -3.19. The minimum atomic E-state index is -1.36. The third kappa shape index (κ3) is 4.51. The molecule has 7 heteroatoms. The number of hydrogen-bond acceptors (Lipinski definition) is 5. The lowest BCUT2D eigenvalue weighted by atomic mass is 10.0. The molecule has 2 N–H and O–H groups in total. The summed E-state index contributed by atoms with van der Waals surface area (Å²) in [4.78, 5) is 37.6. The van der Waals surface area contributed by atoms with Gasteiger partial charge in [0.05, 0.1) is 13.7 Å². The molecule has 0 saturated carbocycles. The molecule has 0 fully saturated rings. The molecule has 0 aromatic heterocycles. The molecule has 0 heterocycles. The van der Waals surface area contributed by atoms with Crippen LogP contribution in [0.5, 0.6) is 0 Å². The SMILES string of the molecule is CNC(=O)C(C(=O)OC)N(C)C(=O)c1ccc(-c2ccc(CO)cc2)cc1. The van der Waals surface area contributed by atoms with Crippen molar-refractivity contribution in [1.29, 1.82) is 0 Å². The summed E-state index contributed by atoms with van der Waals surface area (Å²) in [5, 5.41) is 11.5. The third-order valence-corrected chi connectivity index (χ3v) is 4.23. The molecule has 0 saturated heterocycles. The number of rotatable bonds is 6. The predicted octanol–water partition coefficient (Wildman–Crippen LogP) is 1.21. The fraction of sp³-hybridized carbons (Fsp3) is 0.250. The molecule has 7 nitrogen and oxygen atoms in total. The molecule has 0 bridgehead atoms. The van der Waals surface area contributed by atoms with E-state index in [0.29, 0.717) is 5.56 Å². The largest absolute Gasteiger partial charge is 0.467 e. The van der Waals surface area contributed by atoms with E-state index in [1.165, 1.54) is 14.1 Å². The van der Waals surface area contributed by atoms with Gasteiger partial charge in [-0.25, -0.2) is 4.79 Å². The normalized spacial score (nSPS) is 11.4. The first kappa shape index (κ1) is 20.1. The average Bonchev–Trinajstić information content (AvgIpc) is 2.73. The van der Waals surface area contributed by atoms with E-state index >= 15 is 0 Å². The summed E-state index contributed by atoms with van der Waals surface area (Å²) in [5.41, 5.74) is 2.99. The van der Waals surface area contributed by atoms with E-state index in [0.717, 1.165) is 28.7 Å². The number of hydrogen-bond donors (Lipinski definition) is 2. The molecular weight excluding hydrogens is 348 g/mol. The monoisotopic (exact) mass is 370 g/mol. The second-order valence-corrected chi connectivity index (χ2v) is 5.89. The topological polar surface area (TPSA) is 95.9 Å². The number of aliphatic hydroxyl groups is 1. The van der Waals surface area contributed by atoms with Crippen molar-refractivity contribution in [3.63, 3.8) is 0 Å². The molecule has 0 radical (unpaired) electrons. The predicted molar refractivity (Wildman–Crippen MR) is 99.8 cm³/mol. The van der Waals surface area contributed by atoms with E-state index in [4.69, 9.17) is 5.11 Å². The van der Waals surface area contributed by atoms with Crippen molar-refractivity contribution in [3.8, 4) is 11.1 Å². The maximum Gasteiger partial charge on any atom is 0.338 e. The highest BCUT2D eigenvalue weighted by atomic mass is 16.5. The van der Waals surface area contributed by atoms with Gasteiger partial charge in [0.25, 0.3) is 11.8 Å². The minimum Gasteiger partial charge on any atom is -0.467 e. The van der Waals surface area contributed by atoms with Crippen LogP contribution in [0.2, 0.25) is 0 Å². The number of benzene rings is 2. The maximum absolute atomic E-state index is 12.7. The molecule has 1 unspecified atom stereocenters. The molecule has 27 heavy (non-hydrogen) atoms. The Morgan fingerprint density at radius 1 is 1.04 bits per heavy atom. The number of carbonyl (C=O) groups excluding carboxylic acids is 3. The van der Waals surface area contributed by atoms with Gasteiger partial charge in [0.15, 0.2) is 0 Å². The number of aliphatic hydroxyl groups excluding tert-OH is 1. The van der Waals surface area contributed by atoms with E-state index < -0.39 is 23.8 Å². The smallest absolute Gasteiger partial charge is 0.338 e. The molecule has 0 spiro atoms. The number of ether oxygens (including phenoxy) is 1. The zero-order chi connectivity index (χ0) is 20.0. The van der Waals surface area contributed by atoms with Gasteiger partial charge in [-0.3, -0.25) is 9.59 Å². The molecule has 0 aliphatic heterocycles. The summed E-state index contributed by atoms with van der Waals surface area (Å²) in [5.74, 6) is -1.92. The first-order chi connectivity index (χ1) is 12.9. The van der Waals surface area contributed by atoms with Crippen molar-refractivity contribution in [3.05, 3.63) is 59.7 Å². The van der Waals surface area contributed by atoms with Crippen molar-refractivity contribution in [2.24, 2.45) is 0 Å². The van der Waals surface area contributed by atoms with Crippen LogP contribution in [0.1, 0.15) is 15.9 Å². The lowest BCUT2D eigenvalue weighted by Crippen LogP contribution is -2.51. The fourth-order valence-corrected chi connectivity index (χ4v) is 2.62. The number of methoxy groups -OCH3 is 1. The van der Waals surface area contributed by atoms with Crippen molar-refractivity contribution in [2.75, 3.05) is 21.2 Å². The molecule has 2 aromatic carbocycles. The van der Waals surface area contributed by atoms with Gasteiger partial charge in [-0.1, -0.05) is 36.4 Å². The van der Waals surface area contributed by atoms with Gasteiger partial charge in [0.1, 0.15) is 0 Å². The standard InChI is InChI=1S/C20H22N2O5/c1-21-18(24)17(20(26)27-3)22(2)19(25)16-10-8-15(9-11-16)14-6-4-13(12-23)5-7-14/h4-11,17,23H,12H2,1-3H3,(H,21,24). The number of nitrogens with one attached hydrogen (secondary N) is 1. The van der Waals surface area contributed by atoms with E-state index in [1.807, 2.05) is 24.3 Å². The van der Waals surface area contributed by atoms with E-state index in [2.05, 4.69) is 10.1 Å². The molecule has 142 valence electrons. The van der Waals surface area contributed by atoms with Crippen LogP contribution in [0.3, 0.4) is 0 Å². The summed E-state index contributed by atoms with van der Waals surface area (Å²) in [6.07, 6.45) is 0. The van der Waals surface area contributed by atoms with Gasteiger partial charge >= 0.3 is 5.97 Å². The van der Waals surface area contributed by atoms with Crippen LogP contribution < -0.4 is 5.32 Å². The van der Waals surface area contributed by atoms with Crippen LogP contribution in [0, 0.1) is 0 Å². The average molecular weight is 370 g/mol. The second-order valence-electron chi connectivity index (χ2n) is 5.89. The molecule has 2 aromatic rings. The Kier molecular flexibility index (Phi) is 6.67. The van der Waals surface area contributed by atoms with Crippen molar-refractivity contribution in [1.82, 2.24) is 10.2 Å². The molecule has 0 aliphatic rings. The van der Waals surface area contributed by atoms with Crippen LogP contribution in [0.25, 0.3) is 11.1 Å². The van der Waals surface area contributed by atoms with Gasteiger partial charge < -0.3 is 20.1 Å². The first-order valence-corrected chi connectivity index (χ1v) is 8.29. The molecule has 0 aliphatic carbocycles. The summed E-state index contributed by atoms with van der Waals surface area (Å²) < 4.78 is 4.63. The Morgan fingerprint density at radius 2 is 1.56 bits per heavy atom. The summed E-state index contributed by atoms with van der Waals surface area (Å²) in [6.45, 7) is -0.0211. The van der Waals surface area contributed by atoms with Crippen LogP contribution in [0.4, 0.5) is 0 Å². The Bertz CT molecular complexity index is 799. The van der Waals surface area contributed by atoms with Crippen LogP contribution in [-0.4, -0.2) is 55.0 Å². The number of nitrogens with zero attached hydrogens (tertiary/aromatic N) is 1. The highest BCUT2D eigenvalue weighted by Gasteiger charge is 2.34. The van der Waals surface area contributed by atoms with Crippen molar-refractivity contribution < 1.29 is 24.2 Å². The molecule has 2 amide bonds. The van der Waals surface area contributed by atoms with Gasteiger partial charge in [0, 0.05) is 19.7 Å². The van der Waals surface area contributed by atoms with Crippen molar-refractivity contribution >= 4 is 17.8 Å². The van der Waals surface area contributed by atoms with Crippen LogP contribution in [-0.2, 0) is 20.9 Å². The number of likely N-dealkylation sites (N-methyl/N-ethyl adjacent to an activating group) is 2. The molecule has 1 atom stereocenters. The molecule has 2 rings (SSSR count). The first-order valence-electron chi connectivity index (χ1n) is 8.29.